The minimum atomic E-state index is 0.614. The Labute approximate surface area is 96.0 Å². The summed E-state index contributed by atoms with van der Waals surface area (Å²) in [5.74, 6) is 0. The average Bonchev–Trinajstić information content (AvgIpc) is 2.43. The maximum atomic E-state index is 6.23. The predicted molar refractivity (Wildman–Crippen MR) is 64.2 cm³/mol. The maximum Gasteiger partial charge on any atom is 0.0441 e. The second-order valence-electron chi connectivity index (χ2n) is 4.17. The van der Waals surface area contributed by atoms with Crippen molar-refractivity contribution in [3.8, 4) is 0 Å². The van der Waals surface area contributed by atoms with Gasteiger partial charge in [0.2, 0.25) is 0 Å². The van der Waals surface area contributed by atoms with Gasteiger partial charge >= 0.3 is 0 Å². The molecule has 1 heterocycles. The Kier molecular flexibility index (Phi) is 3.29. The molecule has 2 N–H and O–H groups in total. The number of likely N-dealkylation sites (N-methyl/N-ethyl adjacent to an activating group) is 1. The van der Waals surface area contributed by atoms with Crippen molar-refractivity contribution in [2.45, 2.75) is 19.4 Å². The zero-order valence-corrected chi connectivity index (χ0v) is 9.85. The van der Waals surface area contributed by atoms with Crippen LogP contribution >= 0.6 is 11.6 Å². The van der Waals surface area contributed by atoms with Crippen molar-refractivity contribution >= 4 is 11.6 Å². The van der Waals surface area contributed by atoms with Crippen LogP contribution in [0.1, 0.15) is 16.7 Å². The van der Waals surface area contributed by atoms with Crippen LogP contribution in [0.3, 0.4) is 0 Å². The highest BCUT2D eigenvalue weighted by molar-refractivity contribution is 6.31. The normalized spacial score (nSPS) is 17.3. The van der Waals surface area contributed by atoms with Crippen LogP contribution in [0.5, 0.6) is 0 Å². The number of nitrogens with two attached hydrogens (primary N) is 1. The summed E-state index contributed by atoms with van der Waals surface area (Å²) in [6.07, 6.45) is 2.11. The molecule has 15 heavy (non-hydrogen) atoms. The maximum absolute atomic E-state index is 6.23. The first kappa shape index (κ1) is 10.9. The highest BCUT2D eigenvalue weighted by Gasteiger charge is 2.16. The highest BCUT2D eigenvalue weighted by atomic mass is 35.5. The second-order valence-corrected chi connectivity index (χ2v) is 4.58. The minimum absolute atomic E-state index is 0.614. The quantitative estimate of drug-likeness (QED) is 0.789. The molecule has 0 radical (unpaired) electrons. The minimum Gasteiger partial charge on any atom is -0.326 e. The SMILES string of the molecule is CN1CCc2c(Cl)ccc(CN)c2CC1. The fourth-order valence-corrected chi connectivity index (χ4v) is 2.47. The van der Waals surface area contributed by atoms with Gasteiger partial charge in [0.15, 0.2) is 0 Å². The Morgan fingerprint density at radius 3 is 2.60 bits per heavy atom. The molecule has 0 aromatic heterocycles. The number of nitrogens with zero attached hydrogens (tertiary/aromatic N) is 1. The van der Waals surface area contributed by atoms with Gasteiger partial charge in [0.25, 0.3) is 0 Å². The lowest BCUT2D eigenvalue weighted by Crippen LogP contribution is -2.20. The Balaban J connectivity index is 2.44. The van der Waals surface area contributed by atoms with Crippen molar-refractivity contribution in [3.63, 3.8) is 0 Å². The molecule has 1 aliphatic heterocycles. The predicted octanol–water partition coefficient (Wildman–Crippen LogP) is 1.83. The molecule has 82 valence electrons. The van der Waals surface area contributed by atoms with Crippen molar-refractivity contribution in [1.82, 2.24) is 4.90 Å². The second kappa shape index (κ2) is 4.52. The molecule has 0 saturated heterocycles. The number of halogens is 1. The van der Waals surface area contributed by atoms with Gasteiger partial charge in [-0.1, -0.05) is 17.7 Å². The number of hydrogen-bond donors (Lipinski definition) is 1. The van der Waals surface area contributed by atoms with E-state index in [9.17, 15) is 0 Å². The van der Waals surface area contributed by atoms with E-state index in [0.717, 1.165) is 31.0 Å². The van der Waals surface area contributed by atoms with Gasteiger partial charge in [-0.3, -0.25) is 0 Å². The Bertz CT molecular complexity index is 363. The van der Waals surface area contributed by atoms with E-state index in [1.165, 1.54) is 16.7 Å². The van der Waals surface area contributed by atoms with Crippen molar-refractivity contribution in [1.29, 1.82) is 0 Å². The zero-order valence-electron chi connectivity index (χ0n) is 9.09. The van der Waals surface area contributed by atoms with E-state index in [1.54, 1.807) is 0 Å². The molecule has 1 aliphatic rings. The molecule has 0 amide bonds. The van der Waals surface area contributed by atoms with Gasteiger partial charge in [-0.2, -0.15) is 0 Å². The molecule has 1 aromatic carbocycles. The molecule has 0 saturated carbocycles. The largest absolute Gasteiger partial charge is 0.326 e. The molecule has 3 heteroatoms. The number of fused-ring (bicyclic) bond motifs is 1. The molecular formula is C12H17ClN2. The van der Waals surface area contributed by atoms with Gasteiger partial charge in [-0.05, 0) is 42.6 Å². The molecule has 0 fully saturated rings. The Hall–Kier alpha value is -0.570. The van der Waals surface area contributed by atoms with Crippen LogP contribution in [0.25, 0.3) is 0 Å². The van der Waals surface area contributed by atoms with E-state index in [-0.39, 0.29) is 0 Å². The van der Waals surface area contributed by atoms with Crippen LogP contribution in [0.4, 0.5) is 0 Å². The smallest absolute Gasteiger partial charge is 0.0441 e. The summed E-state index contributed by atoms with van der Waals surface area (Å²) in [6.45, 7) is 2.80. The first-order valence-electron chi connectivity index (χ1n) is 5.40. The summed E-state index contributed by atoms with van der Waals surface area (Å²) in [7, 11) is 2.15. The topological polar surface area (TPSA) is 29.3 Å². The molecule has 2 rings (SSSR count). The van der Waals surface area contributed by atoms with E-state index in [4.69, 9.17) is 17.3 Å². The van der Waals surface area contributed by atoms with Gasteiger partial charge in [-0.25, -0.2) is 0 Å². The van der Waals surface area contributed by atoms with Crippen molar-refractivity contribution < 1.29 is 0 Å². The van der Waals surface area contributed by atoms with Gasteiger partial charge in [-0.15, -0.1) is 0 Å². The monoisotopic (exact) mass is 224 g/mol. The molecule has 0 spiro atoms. The number of hydrogen-bond acceptors (Lipinski definition) is 2. The van der Waals surface area contributed by atoms with Gasteiger partial charge < -0.3 is 10.6 Å². The lowest BCUT2D eigenvalue weighted by atomic mass is 9.97. The van der Waals surface area contributed by atoms with E-state index < -0.39 is 0 Å². The fraction of sp³-hybridized carbons (Fsp3) is 0.500. The molecule has 2 nitrogen and oxygen atoms in total. The fourth-order valence-electron chi connectivity index (χ4n) is 2.20. The van der Waals surface area contributed by atoms with Gasteiger partial charge in [0.1, 0.15) is 0 Å². The van der Waals surface area contributed by atoms with Crippen LogP contribution in [0.15, 0.2) is 12.1 Å². The van der Waals surface area contributed by atoms with Gasteiger partial charge in [0.05, 0.1) is 0 Å². The third-order valence-corrected chi connectivity index (χ3v) is 3.53. The Morgan fingerprint density at radius 1 is 1.27 bits per heavy atom. The third-order valence-electron chi connectivity index (χ3n) is 3.18. The third kappa shape index (κ3) is 2.17. The van der Waals surface area contributed by atoms with Crippen LogP contribution in [-0.4, -0.2) is 25.0 Å². The van der Waals surface area contributed by atoms with Crippen molar-refractivity contribution in [3.05, 3.63) is 33.8 Å². The van der Waals surface area contributed by atoms with E-state index in [2.05, 4.69) is 18.0 Å². The van der Waals surface area contributed by atoms with E-state index in [1.807, 2.05) is 6.07 Å². The van der Waals surface area contributed by atoms with Crippen LogP contribution in [-0.2, 0) is 19.4 Å². The molecule has 0 aliphatic carbocycles. The van der Waals surface area contributed by atoms with Crippen LogP contribution in [0, 0.1) is 0 Å². The average molecular weight is 225 g/mol. The summed E-state index contributed by atoms with van der Waals surface area (Å²) < 4.78 is 0. The lowest BCUT2D eigenvalue weighted by Gasteiger charge is -2.12. The van der Waals surface area contributed by atoms with Crippen LogP contribution < -0.4 is 5.73 Å². The van der Waals surface area contributed by atoms with Crippen molar-refractivity contribution in [2.24, 2.45) is 5.73 Å². The molecule has 0 unspecified atom stereocenters. The molecular weight excluding hydrogens is 208 g/mol. The van der Waals surface area contributed by atoms with E-state index in [0.29, 0.717) is 6.54 Å². The lowest BCUT2D eigenvalue weighted by molar-refractivity contribution is 0.352. The summed E-state index contributed by atoms with van der Waals surface area (Å²) in [4.78, 5) is 2.34. The number of benzene rings is 1. The number of rotatable bonds is 1. The summed E-state index contributed by atoms with van der Waals surface area (Å²) >= 11 is 6.23. The molecule has 1 aromatic rings. The van der Waals surface area contributed by atoms with Crippen LogP contribution in [0.2, 0.25) is 5.02 Å². The summed E-state index contributed by atoms with van der Waals surface area (Å²) in [5, 5.41) is 0.900. The standard InChI is InChI=1S/C12H17ClN2/c1-15-6-4-10-9(8-14)2-3-12(13)11(10)5-7-15/h2-3H,4-8,14H2,1H3. The Morgan fingerprint density at radius 2 is 1.93 bits per heavy atom. The summed E-state index contributed by atoms with van der Waals surface area (Å²) in [6, 6.07) is 4.04. The molecule has 0 atom stereocenters. The van der Waals surface area contributed by atoms with Gasteiger partial charge in [0, 0.05) is 24.7 Å². The first-order valence-corrected chi connectivity index (χ1v) is 5.78. The zero-order chi connectivity index (χ0) is 10.8. The molecule has 0 bridgehead atoms. The first-order chi connectivity index (χ1) is 7.22. The van der Waals surface area contributed by atoms with E-state index >= 15 is 0 Å². The summed E-state index contributed by atoms with van der Waals surface area (Å²) in [5.41, 5.74) is 9.70. The van der Waals surface area contributed by atoms with Crippen molar-refractivity contribution in [2.75, 3.05) is 20.1 Å². The highest BCUT2D eigenvalue weighted by Crippen LogP contribution is 2.26.